The number of aryl methyl sites for hydroxylation is 2. The maximum Gasteiger partial charge on any atom is 0.308 e. The Hall–Kier alpha value is -3.14. The number of fused-ring (bicyclic) bond motifs is 1. The monoisotopic (exact) mass is 515 g/mol. The fourth-order valence-electron chi connectivity index (χ4n) is 3.53. The van der Waals surface area contributed by atoms with Crippen LogP contribution in [0.2, 0.25) is 5.02 Å². The highest BCUT2D eigenvalue weighted by Gasteiger charge is 2.27. The molecule has 0 saturated carbocycles. The van der Waals surface area contributed by atoms with Gasteiger partial charge in [-0.3, -0.25) is 18.5 Å². The molecule has 4 rings (SSSR count). The van der Waals surface area contributed by atoms with Crippen molar-refractivity contribution in [3.63, 3.8) is 0 Å². The van der Waals surface area contributed by atoms with Crippen molar-refractivity contribution in [1.82, 2.24) is 4.57 Å². The molecule has 4 aromatic rings. The second-order valence-corrected chi connectivity index (χ2v) is 10.9. The fraction of sp³-hybridized carbons (Fsp3) is 0.167. The Balaban J connectivity index is 1.64. The SMILES string of the molecule is CCn1c(=O)sc2cc(NC(=O)CN(c3ccc(C)cc3)S(=O)(=O)c3ccc(Cl)cc3)ccc21. The number of hydrogen-bond donors (Lipinski definition) is 1. The molecule has 0 aliphatic carbocycles. The third-order valence-electron chi connectivity index (χ3n) is 5.28. The second-order valence-electron chi connectivity index (χ2n) is 7.64. The van der Waals surface area contributed by atoms with E-state index in [1.54, 1.807) is 47.0 Å². The summed E-state index contributed by atoms with van der Waals surface area (Å²) in [6.07, 6.45) is 0. The number of anilines is 2. The largest absolute Gasteiger partial charge is 0.324 e. The van der Waals surface area contributed by atoms with Crippen LogP contribution < -0.4 is 14.5 Å². The van der Waals surface area contributed by atoms with Crippen molar-refractivity contribution in [1.29, 1.82) is 0 Å². The van der Waals surface area contributed by atoms with Crippen LogP contribution in [0.4, 0.5) is 11.4 Å². The normalized spacial score (nSPS) is 11.5. The standard InChI is InChI=1S/C24H22ClN3O4S2/c1-3-27-21-13-8-18(14-22(21)33-24(27)30)26-23(29)15-28(19-9-4-16(2)5-10-19)34(31,32)20-11-6-17(25)7-12-20/h4-14H,3,15H2,1-2H3,(H,26,29). The number of nitrogens with one attached hydrogen (secondary N) is 1. The molecule has 0 bridgehead atoms. The van der Waals surface area contributed by atoms with Crippen molar-refractivity contribution in [3.05, 3.63) is 87.0 Å². The second kappa shape index (κ2) is 9.61. The lowest BCUT2D eigenvalue weighted by atomic mass is 10.2. The molecular formula is C24H22ClN3O4S2. The molecule has 10 heteroatoms. The molecule has 176 valence electrons. The fourth-order valence-corrected chi connectivity index (χ4v) is 6.08. The Morgan fingerprint density at radius 1 is 1.06 bits per heavy atom. The van der Waals surface area contributed by atoms with E-state index in [1.165, 1.54) is 24.3 Å². The molecule has 1 heterocycles. The number of carbonyl (C=O) groups excluding carboxylic acids is 1. The minimum atomic E-state index is -4.04. The summed E-state index contributed by atoms with van der Waals surface area (Å²) in [6.45, 7) is 3.91. The first-order chi connectivity index (χ1) is 16.2. The van der Waals surface area contributed by atoms with E-state index in [0.29, 0.717) is 22.9 Å². The molecule has 0 atom stereocenters. The molecule has 7 nitrogen and oxygen atoms in total. The minimum Gasteiger partial charge on any atom is -0.324 e. The zero-order valence-corrected chi connectivity index (χ0v) is 20.9. The van der Waals surface area contributed by atoms with Gasteiger partial charge in [0.15, 0.2) is 0 Å². The summed E-state index contributed by atoms with van der Waals surface area (Å²) < 4.78 is 30.3. The van der Waals surface area contributed by atoms with Gasteiger partial charge in [-0.05, 0) is 68.4 Å². The van der Waals surface area contributed by atoms with Crippen LogP contribution in [0.25, 0.3) is 10.2 Å². The first kappa shape index (κ1) is 24.0. The average molecular weight is 516 g/mol. The average Bonchev–Trinajstić information content (AvgIpc) is 3.12. The van der Waals surface area contributed by atoms with E-state index in [4.69, 9.17) is 11.6 Å². The van der Waals surface area contributed by atoms with Gasteiger partial charge in [-0.25, -0.2) is 8.42 Å². The number of amides is 1. The molecule has 0 spiro atoms. The van der Waals surface area contributed by atoms with Gasteiger partial charge < -0.3 is 5.32 Å². The smallest absolute Gasteiger partial charge is 0.308 e. The molecule has 0 aliphatic rings. The third kappa shape index (κ3) is 4.86. The van der Waals surface area contributed by atoms with Crippen LogP contribution in [0.15, 0.2) is 76.4 Å². The van der Waals surface area contributed by atoms with E-state index in [-0.39, 0.29) is 9.77 Å². The Morgan fingerprint density at radius 2 is 1.74 bits per heavy atom. The van der Waals surface area contributed by atoms with Crippen LogP contribution in [0.1, 0.15) is 12.5 Å². The Kier molecular flexibility index (Phi) is 6.79. The first-order valence-corrected chi connectivity index (χ1v) is 13.1. The Morgan fingerprint density at radius 3 is 2.38 bits per heavy atom. The predicted molar refractivity (Wildman–Crippen MR) is 138 cm³/mol. The van der Waals surface area contributed by atoms with Crippen molar-refractivity contribution >= 4 is 60.5 Å². The molecule has 0 radical (unpaired) electrons. The van der Waals surface area contributed by atoms with Crippen molar-refractivity contribution in [2.75, 3.05) is 16.2 Å². The van der Waals surface area contributed by atoms with Crippen LogP contribution in [0, 0.1) is 6.92 Å². The van der Waals surface area contributed by atoms with E-state index in [1.807, 2.05) is 13.8 Å². The summed E-state index contributed by atoms with van der Waals surface area (Å²) in [5, 5.41) is 3.16. The molecular weight excluding hydrogens is 494 g/mol. The van der Waals surface area contributed by atoms with Crippen LogP contribution >= 0.6 is 22.9 Å². The Labute approximate surface area is 206 Å². The zero-order chi connectivity index (χ0) is 24.5. The highest BCUT2D eigenvalue weighted by molar-refractivity contribution is 7.92. The van der Waals surface area contributed by atoms with Gasteiger partial charge in [-0.15, -0.1) is 0 Å². The van der Waals surface area contributed by atoms with E-state index in [9.17, 15) is 18.0 Å². The number of carbonyl (C=O) groups is 1. The quantitative estimate of drug-likeness (QED) is 0.380. The van der Waals surface area contributed by atoms with E-state index in [2.05, 4.69) is 5.32 Å². The predicted octanol–water partition coefficient (Wildman–Crippen LogP) is 4.88. The van der Waals surface area contributed by atoms with E-state index >= 15 is 0 Å². The zero-order valence-electron chi connectivity index (χ0n) is 18.5. The van der Waals surface area contributed by atoms with Crippen molar-refractivity contribution < 1.29 is 13.2 Å². The van der Waals surface area contributed by atoms with Gasteiger partial charge in [-0.2, -0.15) is 0 Å². The summed E-state index contributed by atoms with van der Waals surface area (Å²) >= 11 is 7.02. The van der Waals surface area contributed by atoms with Gasteiger partial charge in [0.1, 0.15) is 6.54 Å². The van der Waals surface area contributed by atoms with Gasteiger partial charge >= 0.3 is 4.87 Å². The van der Waals surface area contributed by atoms with Gasteiger partial charge in [0, 0.05) is 17.3 Å². The maximum absolute atomic E-state index is 13.4. The lowest BCUT2D eigenvalue weighted by molar-refractivity contribution is -0.114. The molecule has 1 N–H and O–H groups in total. The molecule has 0 fully saturated rings. The molecule has 0 saturated heterocycles. The number of benzene rings is 3. The topological polar surface area (TPSA) is 88.5 Å². The summed E-state index contributed by atoms with van der Waals surface area (Å²) in [4.78, 5) is 25.0. The highest BCUT2D eigenvalue weighted by Crippen LogP contribution is 2.26. The lowest BCUT2D eigenvalue weighted by Crippen LogP contribution is -2.38. The van der Waals surface area contributed by atoms with Crippen LogP contribution in [-0.2, 0) is 21.4 Å². The van der Waals surface area contributed by atoms with Gasteiger partial charge in [0.2, 0.25) is 5.91 Å². The summed E-state index contributed by atoms with van der Waals surface area (Å²) in [5.74, 6) is -0.514. The summed E-state index contributed by atoms with van der Waals surface area (Å²) in [5.41, 5.74) is 2.60. The molecule has 0 unspecified atom stereocenters. The molecule has 3 aromatic carbocycles. The van der Waals surface area contributed by atoms with Gasteiger partial charge in [0.05, 0.1) is 20.8 Å². The van der Waals surface area contributed by atoms with Gasteiger partial charge in [-0.1, -0.05) is 40.6 Å². The van der Waals surface area contributed by atoms with Crippen molar-refractivity contribution in [2.45, 2.75) is 25.3 Å². The summed E-state index contributed by atoms with van der Waals surface area (Å²) in [6, 6.07) is 17.9. The van der Waals surface area contributed by atoms with Crippen LogP contribution in [-0.4, -0.2) is 25.4 Å². The third-order valence-corrected chi connectivity index (χ3v) is 8.26. The van der Waals surface area contributed by atoms with Gasteiger partial charge in [0.25, 0.3) is 10.0 Å². The van der Waals surface area contributed by atoms with E-state index in [0.717, 1.165) is 31.4 Å². The molecule has 1 amide bonds. The van der Waals surface area contributed by atoms with E-state index < -0.39 is 22.5 Å². The molecule has 1 aromatic heterocycles. The number of halogens is 1. The number of rotatable bonds is 7. The van der Waals surface area contributed by atoms with Crippen LogP contribution in [0.5, 0.6) is 0 Å². The number of sulfonamides is 1. The lowest BCUT2D eigenvalue weighted by Gasteiger charge is -2.24. The first-order valence-electron chi connectivity index (χ1n) is 10.5. The number of aromatic nitrogens is 1. The Bertz CT molecular complexity index is 1510. The summed E-state index contributed by atoms with van der Waals surface area (Å²) in [7, 11) is -4.04. The number of nitrogens with zero attached hydrogens (tertiary/aromatic N) is 2. The van der Waals surface area contributed by atoms with Crippen molar-refractivity contribution in [2.24, 2.45) is 0 Å². The van der Waals surface area contributed by atoms with Crippen molar-refractivity contribution in [3.8, 4) is 0 Å². The highest BCUT2D eigenvalue weighted by atomic mass is 35.5. The minimum absolute atomic E-state index is 0.0253. The molecule has 0 aliphatic heterocycles. The maximum atomic E-state index is 13.4. The number of hydrogen-bond acceptors (Lipinski definition) is 5. The molecule has 34 heavy (non-hydrogen) atoms. The number of thiazole rings is 1. The van der Waals surface area contributed by atoms with Crippen LogP contribution in [0.3, 0.4) is 0 Å².